The second-order valence-corrected chi connectivity index (χ2v) is 5.80. The van der Waals surface area contributed by atoms with E-state index in [0.717, 1.165) is 11.1 Å². The number of carbonyl (C=O) groups excluding carboxylic acids is 2. The van der Waals surface area contributed by atoms with Crippen LogP contribution >= 0.6 is 11.6 Å². The number of rotatable bonds is 4. The van der Waals surface area contributed by atoms with Gasteiger partial charge in [-0.2, -0.15) is 0 Å². The summed E-state index contributed by atoms with van der Waals surface area (Å²) in [5.41, 5.74) is 3.12. The van der Waals surface area contributed by atoms with Crippen molar-refractivity contribution in [2.75, 3.05) is 5.32 Å². The fourth-order valence-electron chi connectivity index (χ4n) is 2.06. The Labute approximate surface area is 140 Å². The molecular weight excluding hydrogens is 314 g/mol. The van der Waals surface area contributed by atoms with E-state index in [1.165, 1.54) is 6.92 Å². The van der Waals surface area contributed by atoms with E-state index < -0.39 is 12.1 Å². The SMILES string of the molecule is Cc1ccc(NC(=O)[C@H](C)OC(=O)c2ccc(Cl)cc2)c(C)c1. The van der Waals surface area contributed by atoms with Crippen LogP contribution < -0.4 is 5.32 Å². The number of anilines is 1. The molecule has 0 radical (unpaired) electrons. The van der Waals surface area contributed by atoms with Crippen LogP contribution in [0.1, 0.15) is 28.4 Å². The van der Waals surface area contributed by atoms with Gasteiger partial charge in [0.2, 0.25) is 0 Å². The average Bonchev–Trinajstić information content (AvgIpc) is 2.50. The molecule has 0 saturated heterocycles. The zero-order valence-electron chi connectivity index (χ0n) is 13.2. The van der Waals surface area contributed by atoms with Crippen LogP contribution in [0.3, 0.4) is 0 Å². The van der Waals surface area contributed by atoms with Gasteiger partial charge in [0, 0.05) is 10.7 Å². The number of benzene rings is 2. The van der Waals surface area contributed by atoms with Crippen molar-refractivity contribution in [3.05, 3.63) is 64.2 Å². The van der Waals surface area contributed by atoms with Crippen LogP contribution in [0.4, 0.5) is 5.69 Å². The molecule has 1 N–H and O–H groups in total. The summed E-state index contributed by atoms with van der Waals surface area (Å²) in [4.78, 5) is 24.2. The van der Waals surface area contributed by atoms with Crippen molar-refractivity contribution in [2.45, 2.75) is 26.9 Å². The molecule has 1 amide bonds. The number of carbonyl (C=O) groups is 2. The predicted molar refractivity (Wildman–Crippen MR) is 90.9 cm³/mol. The van der Waals surface area contributed by atoms with Crippen LogP contribution in [0.15, 0.2) is 42.5 Å². The molecule has 120 valence electrons. The molecule has 0 bridgehead atoms. The van der Waals surface area contributed by atoms with Gasteiger partial charge in [-0.15, -0.1) is 0 Å². The smallest absolute Gasteiger partial charge is 0.338 e. The molecule has 0 aromatic heterocycles. The number of amides is 1. The summed E-state index contributed by atoms with van der Waals surface area (Å²) in [7, 11) is 0. The molecule has 2 rings (SSSR count). The number of aryl methyl sites for hydroxylation is 2. The lowest BCUT2D eigenvalue weighted by Gasteiger charge is -2.15. The van der Waals surface area contributed by atoms with E-state index in [1.54, 1.807) is 24.3 Å². The van der Waals surface area contributed by atoms with Gasteiger partial charge in [-0.3, -0.25) is 4.79 Å². The standard InChI is InChI=1S/C18H18ClNO3/c1-11-4-9-16(12(2)10-11)20-17(21)13(3)23-18(22)14-5-7-15(19)8-6-14/h4-10,13H,1-3H3,(H,20,21)/t13-/m0/s1. The van der Waals surface area contributed by atoms with E-state index in [0.29, 0.717) is 16.3 Å². The number of halogens is 1. The Bertz CT molecular complexity index is 726. The lowest BCUT2D eigenvalue weighted by atomic mass is 10.1. The lowest BCUT2D eigenvalue weighted by molar-refractivity contribution is -0.123. The quantitative estimate of drug-likeness (QED) is 0.857. The van der Waals surface area contributed by atoms with E-state index in [-0.39, 0.29) is 5.91 Å². The predicted octanol–water partition coefficient (Wildman–Crippen LogP) is 4.14. The van der Waals surface area contributed by atoms with Crippen molar-refractivity contribution in [1.82, 2.24) is 0 Å². The van der Waals surface area contributed by atoms with Crippen LogP contribution in [0, 0.1) is 13.8 Å². The summed E-state index contributed by atoms with van der Waals surface area (Å²) < 4.78 is 5.18. The molecule has 4 nitrogen and oxygen atoms in total. The van der Waals surface area contributed by atoms with E-state index >= 15 is 0 Å². The summed E-state index contributed by atoms with van der Waals surface area (Å²) in [6, 6.07) is 12.0. The summed E-state index contributed by atoms with van der Waals surface area (Å²) >= 11 is 5.77. The molecule has 23 heavy (non-hydrogen) atoms. The fraction of sp³-hybridized carbons (Fsp3) is 0.222. The van der Waals surface area contributed by atoms with Crippen LogP contribution in [0.25, 0.3) is 0 Å². The Hall–Kier alpha value is -2.33. The second kappa shape index (κ2) is 7.29. The van der Waals surface area contributed by atoms with Crippen molar-refractivity contribution in [3.63, 3.8) is 0 Å². The molecule has 0 spiro atoms. The number of hydrogen-bond donors (Lipinski definition) is 1. The topological polar surface area (TPSA) is 55.4 Å². The van der Waals surface area contributed by atoms with Crippen LogP contribution in [-0.2, 0) is 9.53 Å². The van der Waals surface area contributed by atoms with Crippen molar-refractivity contribution in [1.29, 1.82) is 0 Å². The summed E-state index contributed by atoms with van der Waals surface area (Å²) in [5, 5.41) is 3.30. The fourth-order valence-corrected chi connectivity index (χ4v) is 2.18. The molecule has 0 saturated carbocycles. The molecule has 0 aliphatic rings. The van der Waals surface area contributed by atoms with Gasteiger partial charge in [-0.1, -0.05) is 29.3 Å². The van der Waals surface area contributed by atoms with E-state index in [2.05, 4.69) is 5.32 Å². The second-order valence-electron chi connectivity index (χ2n) is 5.36. The zero-order chi connectivity index (χ0) is 17.0. The number of hydrogen-bond acceptors (Lipinski definition) is 3. The summed E-state index contributed by atoms with van der Waals surface area (Å²) in [6.07, 6.45) is -0.904. The Kier molecular flexibility index (Phi) is 5.40. The Morgan fingerprint density at radius 3 is 2.35 bits per heavy atom. The maximum absolute atomic E-state index is 12.2. The lowest BCUT2D eigenvalue weighted by Crippen LogP contribution is -2.30. The van der Waals surface area contributed by atoms with Crippen molar-refractivity contribution < 1.29 is 14.3 Å². The third kappa shape index (κ3) is 4.57. The summed E-state index contributed by atoms with van der Waals surface area (Å²) in [6.45, 7) is 5.43. The first-order valence-electron chi connectivity index (χ1n) is 7.21. The van der Waals surface area contributed by atoms with E-state index in [1.807, 2.05) is 32.0 Å². The molecule has 0 heterocycles. The number of nitrogens with one attached hydrogen (secondary N) is 1. The van der Waals surface area contributed by atoms with E-state index in [4.69, 9.17) is 16.3 Å². The van der Waals surface area contributed by atoms with Crippen molar-refractivity contribution >= 4 is 29.2 Å². The molecule has 5 heteroatoms. The van der Waals surface area contributed by atoms with Gasteiger partial charge in [0.05, 0.1) is 5.56 Å². The molecular formula is C18H18ClNO3. The molecule has 1 atom stereocenters. The highest BCUT2D eigenvalue weighted by atomic mass is 35.5. The maximum Gasteiger partial charge on any atom is 0.338 e. The Morgan fingerprint density at radius 1 is 1.09 bits per heavy atom. The van der Waals surface area contributed by atoms with Crippen LogP contribution in [0.2, 0.25) is 5.02 Å². The van der Waals surface area contributed by atoms with Crippen molar-refractivity contribution in [3.8, 4) is 0 Å². The maximum atomic E-state index is 12.2. The monoisotopic (exact) mass is 331 g/mol. The molecule has 2 aromatic rings. The molecule has 0 aliphatic carbocycles. The summed E-state index contributed by atoms with van der Waals surface area (Å²) in [5.74, 6) is -0.941. The first-order valence-corrected chi connectivity index (χ1v) is 7.59. The largest absolute Gasteiger partial charge is 0.449 e. The van der Waals surface area contributed by atoms with Crippen LogP contribution in [0.5, 0.6) is 0 Å². The Morgan fingerprint density at radius 2 is 1.74 bits per heavy atom. The zero-order valence-corrected chi connectivity index (χ0v) is 14.0. The third-order valence-corrected chi connectivity index (χ3v) is 3.62. The third-order valence-electron chi connectivity index (χ3n) is 3.37. The Balaban J connectivity index is 1.99. The molecule has 0 unspecified atom stereocenters. The van der Waals surface area contributed by atoms with Gasteiger partial charge in [0.25, 0.3) is 5.91 Å². The first-order chi connectivity index (χ1) is 10.9. The van der Waals surface area contributed by atoms with E-state index in [9.17, 15) is 9.59 Å². The minimum atomic E-state index is -0.904. The number of esters is 1. The number of ether oxygens (including phenoxy) is 1. The minimum absolute atomic E-state index is 0.348. The highest BCUT2D eigenvalue weighted by Gasteiger charge is 2.19. The van der Waals surface area contributed by atoms with Gasteiger partial charge < -0.3 is 10.1 Å². The van der Waals surface area contributed by atoms with Gasteiger partial charge >= 0.3 is 5.97 Å². The van der Waals surface area contributed by atoms with Crippen molar-refractivity contribution in [2.24, 2.45) is 0 Å². The van der Waals surface area contributed by atoms with Gasteiger partial charge in [0.1, 0.15) is 0 Å². The average molecular weight is 332 g/mol. The minimum Gasteiger partial charge on any atom is -0.449 e. The first kappa shape index (κ1) is 17.0. The van der Waals surface area contributed by atoms with Gasteiger partial charge in [0.15, 0.2) is 6.10 Å². The van der Waals surface area contributed by atoms with Gasteiger partial charge in [-0.05, 0) is 56.7 Å². The van der Waals surface area contributed by atoms with Crippen LogP contribution in [-0.4, -0.2) is 18.0 Å². The normalized spacial score (nSPS) is 11.7. The molecule has 0 fully saturated rings. The highest BCUT2D eigenvalue weighted by Crippen LogP contribution is 2.17. The molecule has 0 aliphatic heterocycles. The molecule has 2 aromatic carbocycles. The highest BCUT2D eigenvalue weighted by molar-refractivity contribution is 6.30. The van der Waals surface area contributed by atoms with Gasteiger partial charge in [-0.25, -0.2) is 4.79 Å².